The van der Waals surface area contributed by atoms with Gasteiger partial charge in [-0.15, -0.1) is 0 Å². The summed E-state index contributed by atoms with van der Waals surface area (Å²) in [6, 6.07) is 6.14. The van der Waals surface area contributed by atoms with Gasteiger partial charge in [0.2, 0.25) is 0 Å². The molecule has 0 aromatic heterocycles. The molecular formula is C15H23NO2. The fraction of sp³-hybridized carbons (Fsp3) is 0.600. The molecule has 0 atom stereocenters. The second kappa shape index (κ2) is 6.64. The van der Waals surface area contributed by atoms with E-state index in [1.165, 1.54) is 31.2 Å². The van der Waals surface area contributed by atoms with Crippen LogP contribution in [0.5, 0.6) is 11.5 Å². The van der Waals surface area contributed by atoms with Crippen molar-refractivity contribution in [3.63, 3.8) is 0 Å². The molecule has 0 radical (unpaired) electrons. The van der Waals surface area contributed by atoms with Crippen LogP contribution in [-0.4, -0.2) is 20.8 Å². The standard InChI is InChI=1S/C15H23NO2/c1-16-10-13-7-8-14(15(9-13)17-2)18-11-12-5-3-4-6-12/h7-9,12,16H,3-6,10-11H2,1-2H3. The summed E-state index contributed by atoms with van der Waals surface area (Å²) in [6.07, 6.45) is 5.32. The lowest BCUT2D eigenvalue weighted by molar-refractivity contribution is 0.240. The summed E-state index contributed by atoms with van der Waals surface area (Å²) in [5.41, 5.74) is 1.21. The number of rotatable bonds is 6. The zero-order valence-electron chi connectivity index (χ0n) is 11.4. The van der Waals surface area contributed by atoms with Crippen molar-refractivity contribution < 1.29 is 9.47 Å². The molecule has 2 rings (SSSR count). The van der Waals surface area contributed by atoms with E-state index in [1.807, 2.05) is 19.2 Å². The summed E-state index contributed by atoms with van der Waals surface area (Å²) >= 11 is 0. The fourth-order valence-corrected chi connectivity index (χ4v) is 2.53. The predicted octanol–water partition coefficient (Wildman–Crippen LogP) is 2.98. The quantitative estimate of drug-likeness (QED) is 0.840. The number of benzene rings is 1. The van der Waals surface area contributed by atoms with Gasteiger partial charge in [0, 0.05) is 6.54 Å². The Hall–Kier alpha value is -1.22. The lowest BCUT2D eigenvalue weighted by Crippen LogP contribution is -2.09. The molecule has 1 aliphatic rings. The third kappa shape index (κ3) is 3.39. The minimum absolute atomic E-state index is 0.728. The molecule has 3 heteroatoms. The number of nitrogens with one attached hydrogen (secondary N) is 1. The molecule has 1 aliphatic carbocycles. The van der Waals surface area contributed by atoms with E-state index in [4.69, 9.17) is 9.47 Å². The minimum Gasteiger partial charge on any atom is -0.493 e. The highest BCUT2D eigenvalue weighted by atomic mass is 16.5. The van der Waals surface area contributed by atoms with Crippen LogP contribution in [-0.2, 0) is 6.54 Å². The molecule has 0 spiro atoms. The molecule has 0 bridgehead atoms. The van der Waals surface area contributed by atoms with Crippen LogP contribution in [0.25, 0.3) is 0 Å². The summed E-state index contributed by atoms with van der Waals surface area (Å²) in [5, 5.41) is 3.14. The Balaban J connectivity index is 1.97. The highest BCUT2D eigenvalue weighted by Gasteiger charge is 2.16. The monoisotopic (exact) mass is 249 g/mol. The van der Waals surface area contributed by atoms with Gasteiger partial charge < -0.3 is 14.8 Å². The van der Waals surface area contributed by atoms with Gasteiger partial charge in [-0.05, 0) is 43.5 Å². The summed E-state index contributed by atoms with van der Waals surface area (Å²) in [4.78, 5) is 0. The van der Waals surface area contributed by atoms with Crippen LogP contribution in [0, 0.1) is 5.92 Å². The first kappa shape index (κ1) is 13.2. The van der Waals surface area contributed by atoms with E-state index >= 15 is 0 Å². The van der Waals surface area contributed by atoms with Crippen LogP contribution in [0.1, 0.15) is 31.2 Å². The molecular weight excluding hydrogens is 226 g/mol. The largest absolute Gasteiger partial charge is 0.493 e. The Morgan fingerprint density at radius 2 is 2.00 bits per heavy atom. The molecule has 0 amide bonds. The first-order chi connectivity index (χ1) is 8.83. The number of hydrogen-bond donors (Lipinski definition) is 1. The summed E-state index contributed by atoms with van der Waals surface area (Å²) < 4.78 is 11.3. The second-order valence-electron chi connectivity index (χ2n) is 4.98. The highest BCUT2D eigenvalue weighted by molar-refractivity contribution is 5.42. The van der Waals surface area contributed by atoms with Gasteiger partial charge in [-0.1, -0.05) is 18.9 Å². The first-order valence-electron chi connectivity index (χ1n) is 6.78. The molecule has 0 aliphatic heterocycles. The third-order valence-corrected chi connectivity index (χ3v) is 3.56. The molecule has 18 heavy (non-hydrogen) atoms. The van der Waals surface area contributed by atoms with Crippen molar-refractivity contribution in [3.8, 4) is 11.5 Å². The number of methoxy groups -OCH3 is 1. The van der Waals surface area contributed by atoms with Crippen molar-refractivity contribution in [3.05, 3.63) is 23.8 Å². The Morgan fingerprint density at radius 3 is 2.67 bits per heavy atom. The van der Waals surface area contributed by atoms with E-state index < -0.39 is 0 Å². The van der Waals surface area contributed by atoms with Crippen molar-refractivity contribution in [2.45, 2.75) is 32.2 Å². The van der Waals surface area contributed by atoms with Crippen molar-refractivity contribution in [2.24, 2.45) is 5.92 Å². The van der Waals surface area contributed by atoms with Crippen LogP contribution in [0.2, 0.25) is 0 Å². The van der Waals surface area contributed by atoms with Gasteiger partial charge in [0.1, 0.15) is 0 Å². The van der Waals surface area contributed by atoms with E-state index in [9.17, 15) is 0 Å². The minimum atomic E-state index is 0.728. The third-order valence-electron chi connectivity index (χ3n) is 3.56. The van der Waals surface area contributed by atoms with E-state index in [0.717, 1.165) is 30.6 Å². The van der Waals surface area contributed by atoms with Crippen LogP contribution >= 0.6 is 0 Å². The molecule has 1 saturated carbocycles. The summed E-state index contributed by atoms with van der Waals surface area (Å²) in [6.45, 7) is 1.67. The van der Waals surface area contributed by atoms with Gasteiger partial charge >= 0.3 is 0 Å². The number of ether oxygens (including phenoxy) is 2. The van der Waals surface area contributed by atoms with Crippen molar-refractivity contribution in [1.29, 1.82) is 0 Å². The van der Waals surface area contributed by atoms with Gasteiger partial charge in [-0.2, -0.15) is 0 Å². The van der Waals surface area contributed by atoms with Crippen molar-refractivity contribution >= 4 is 0 Å². The zero-order chi connectivity index (χ0) is 12.8. The molecule has 0 heterocycles. The highest BCUT2D eigenvalue weighted by Crippen LogP contribution is 2.31. The van der Waals surface area contributed by atoms with Crippen LogP contribution in [0.3, 0.4) is 0 Å². The molecule has 1 aromatic carbocycles. The van der Waals surface area contributed by atoms with E-state index in [0.29, 0.717) is 0 Å². The maximum Gasteiger partial charge on any atom is 0.161 e. The summed E-state index contributed by atoms with van der Waals surface area (Å²) in [5.74, 6) is 2.43. The summed E-state index contributed by atoms with van der Waals surface area (Å²) in [7, 11) is 3.64. The predicted molar refractivity (Wildman–Crippen MR) is 73.2 cm³/mol. The normalized spacial score (nSPS) is 15.9. The van der Waals surface area contributed by atoms with Crippen molar-refractivity contribution in [1.82, 2.24) is 5.32 Å². The van der Waals surface area contributed by atoms with Gasteiger partial charge in [-0.3, -0.25) is 0 Å². The molecule has 100 valence electrons. The topological polar surface area (TPSA) is 30.5 Å². The average molecular weight is 249 g/mol. The average Bonchev–Trinajstić information content (AvgIpc) is 2.90. The number of hydrogen-bond acceptors (Lipinski definition) is 3. The fourth-order valence-electron chi connectivity index (χ4n) is 2.53. The Labute approximate surface area is 109 Å². The second-order valence-corrected chi connectivity index (χ2v) is 4.98. The maximum atomic E-state index is 5.90. The smallest absolute Gasteiger partial charge is 0.161 e. The SMILES string of the molecule is CNCc1ccc(OCC2CCCC2)c(OC)c1. The molecule has 0 saturated heterocycles. The molecule has 1 aromatic rings. The van der Waals surface area contributed by atoms with E-state index in [1.54, 1.807) is 7.11 Å². The van der Waals surface area contributed by atoms with Crippen LogP contribution < -0.4 is 14.8 Å². The Bertz CT molecular complexity index is 373. The van der Waals surface area contributed by atoms with Gasteiger partial charge in [0.05, 0.1) is 13.7 Å². The van der Waals surface area contributed by atoms with E-state index in [2.05, 4.69) is 11.4 Å². The molecule has 3 nitrogen and oxygen atoms in total. The van der Waals surface area contributed by atoms with Crippen molar-refractivity contribution in [2.75, 3.05) is 20.8 Å². The molecule has 0 unspecified atom stereocenters. The Kier molecular flexibility index (Phi) is 4.88. The van der Waals surface area contributed by atoms with Crippen LogP contribution in [0.4, 0.5) is 0 Å². The molecule has 1 N–H and O–H groups in total. The van der Waals surface area contributed by atoms with Gasteiger partial charge in [0.25, 0.3) is 0 Å². The lowest BCUT2D eigenvalue weighted by Gasteiger charge is -2.15. The molecule has 1 fully saturated rings. The van der Waals surface area contributed by atoms with Gasteiger partial charge in [0.15, 0.2) is 11.5 Å². The maximum absolute atomic E-state index is 5.90. The first-order valence-corrected chi connectivity index (χ1v) is 6.78. The Morgan fingerprint density at radius 1 is 1.22 bits per heavy atom. The van der Waals surface area contributed by atoms with E-state index in [-0.39, 0.29) is 0 Å². The van der Waals surface area contributed by atoms with Crippen LogP contribution in [0.15, 0.2) is 18.2 Å². The van der Waals surface area contributed by atoms with Gasteiger partial charge in [-0.25, -0.2) is 0 Å². The lowest BCUT2D eigenvalue weighted by atomic mass is 10.1. The zero-order valence-corrected chi connectivity index (χ0v) is 11.4.